The van der Waals surface area contributed by atoms with Gasteiger partial charge in [-0.25, -0.2) is 9.97 Å². The van der Waals surface area contributed by atoms with Crippen LogP contribution in [0.3, 0.4) is 0 Å². The molecule has 0 radical (unpaired) electrons. The van der Waals surface area contributed by atoms with Crippen LogP contribution in [0.25, 0.3) is 16.6 Å². The molecule has 1 aliphatic heterocycles. The van der Waals surface area contributed by atoms with E-state index in [1.165, 1.54) is 10.9 Å². The summed E-state index contributed by atoms with van der Waals surface area (Å²) in [6, 6.07) is 14.0. The summed E-state index contributed by atoms with van der Waals surface area (Å²) in [5, 5.41) is 15.5. The number of nitrogens with one attached hydrogen (secondary N) is 3. The summed E-state index contributed by atoms with van der Waals surface area (Å²) in [6.45, 7) is 5.82. The SMILES string of the molecule is Cc1cccc(Cl)c1-n1nc(C)c2nc(Nc3ccc(NC4CCNCC4)cc3)ncc2c1=O. The summed E-state index contributed by atoms with van der Waals surface area (Å²) in [4.78, 5) is 22.1. The zero-order valence-corrected chi connectivity index (χ0v) is 19.9. The summed E-state index contributed by atoms with van der Waals surface area (Å²) < 4.78 is 1.33. The lowest BCUT2D eigenvalue weighted by Gasteiger charge is -2.24. The first-order valence-electron chi connectivity index (χ1n) is 11.4. The fourth-order valence-corrected chi connectivity index (χ4v) is 4.56. The van der Waals surface area contributed by atoms with E-state index in [1.807, 2.05) is 50.2 Å². The molecule has 4 aromatic rings. The predicted octanol–water partition coefficient (Wildman–Crippen LogP) is 4.35. The van der Waals surface area contributed by atoms with Gasteiger partial charge in [-0.05, 0) is 75.7 Å². The maximum atomic E-state index is 13.2. The van der Waals surface area contributed by atoms with E-state index in [9.17, 15) is 4.79 Å². The topological polar surface area (TPSA) is 96.8 Å². The van der Waals surface area contributed by atoms with Crippen LogP contribution < -0.4 is 21.5 Å². The third kappa shape index (κ3) is 4.47. The van der Waals surface area contributed by atoms with E-state index in [2.05, 4.69) is 31.0 Å². The lowest BCUT2D eigenvalue weighted by atomic mass is 10.1. The van der Waals surface area contributed by atoms with Gasteiger partial charge in [-0.3, -0.25) is 4.79 Å². The van der Waals surface area contributed by atoms with Crippen LogP contribution in [0, 0.1) is 13.8 Å². The Bertz CT molecular complexity index is 1380. The molecule has 9 heteroatoms. The highest BCUT2D eigenvalue weighted by molar-refractivity contribution is 6.32. The lowest BCUT2D eigenvalue weighted by molar-refractivity contribution is 0.479. The van der Waals surface area contributed by atoms with Crippen molar-refractivity contribution in [1.29, 1.82) is 0 Å². The molecular formula is C25H26ClN7O. The third-order valence-electron chi connectivity index (χ3n) is 6.06. The van der Waals surface area contributed by atoms with Crippen LogP contribution in [-0.4, -0.2) is 38.9 Å². The molecule has 0 amide bonds. The number of aromatic nitrogens is 4. The summed E-state index contributed by atoms with van der Waals surface area (Å²) in [5.74, 6) is 0.405. The molecule has 2 aromatic carbocycles. The summed E-state index contributed by atoms with van der Waals surface area (Å²) in [6.07, 6.45) is 3.78. The van der Waals surface area contributed by atoms with Crippen molar-refractivity contribution in [1.82, 2.24) is 25.1 Å². The minimum absolute atomic E-state index is 0.309. The van der Waals surface area contributed by atoms with Crippen LogP contribution in [0.5, 0.6) is 0 Å². The van der Waals surface area contributed by atoms with Crippen LogP contribution in [0.2, 0.25) is 5.02 Å². The van der Waals surface area contributed by atoms with Gasteiger partial charge < -0.3 is 16.0 Å². The lowest BCUT2D eigenvalue weighted by Crippen LogP contribution is -2.35. The minimum atomic E-state index is -0.309. The van der Waals surface area contributed by atoms with Crippen LogP contribution in [0.15, 0.2) is 53.5 Å². The molecule has 0 aliphatic carbocycles. The largest absolute Gasteiger partial charge is 0.382 e. The molecule has 34 heavy (non-hydrogen) atoms. The van der Waals surface area contributed by atoms with Gasteiger partial charge >= 0.3 is 0 Å². The molecule has 3 heterocycles. The minimum Gasteiger partial charge on any atom is -0.382 e. The van der Waals surface area contributed by atoms with E-state index >= 15 is 0 Å². The Balaban J connectivity index is 1.40. The Morgan fingerprint density at radius 3 is 2.53 bits per heavy atom. The number of para-hydroxylation sites is 1. The molecule has 5 rings (SSSR count). The van der Waals surface area contributed by atoms with Crippen molar-refractivity contribution >= 4 is 39.8 Å². The van der Waals surface area contributed by atoms with E-state index < -0.39 is 0 Å². The van der Waals surface area contributed by atoms with Gasteiger partial charge in [-0.15, -0.1) is 0 Å². The summed E-state index contributed by atoms with van der Waals surface area (Å²) in [5.41, 5.74) is 4.19. The van der Waals surface area contributed by atoms with Crippen LogP contribution in [0.1, 0.15) is 24.1 Å². The van der Waals surface area contributed by atoms with Crippen LogP contribution >= 0.6 is 11.6 Å². The number of hydrogen-bond donors (Lipinski definition) is 3. The van der Waals surface area contributed by atoms with Crippen molar-refractivity contribution in [2.75, 3.05) is 23.7 Å². The molecule has 0 saturated carbocycles. The van der Waals surface area contributed by atoms with Gasteiger partial charge in [-0.1, -0.05) is 23.7 Å². The van der Waals surface area contributed by atoms with Gasteiger partial charge in [0.2, 0.25) is 5.95 Å². The van der Waals surface area contributed by atoms with Crippen molar-refractivity contribution in [2.24, 2.45) is 0 Å². The number of piperidine rings is 1. The molecule has 0 atom stereocenters. The number of benzene rings is 2. The second-order valence-electron chi connectivity index (χ2n) is 8.53. The molecular weight excluding hydrogens is 450 g/mol. The molecule has 174 valence electrons. The molecule has 0 bridgehead atoms. The first-order chi connectivity index (χ1) is 16.5. The van der Waals surface area contributed by atoms with Crippen molar-refractivity contribution < 1.29 is 0 Å². The second kappa shape index (κ2) is 9.40. The number of aryl methyl sites for hydroxylation is 2. The number of halogens is 1. The first-order valence-corrected chi connectivity index (χ1v) is 11.7. The zero-order chi connectivity index (χ0) is 23.7. The number of rotatable bonds is 5. The first kappa shape index (κ1) is 22.3. The van der Waals surface area contributed by atoms with Gasteiger partial charge in [-0.2, -0.15) is 9.78 Å². The van der Waals surface area contributed by atoms with Crippen molar-refractivity contribution in [2.45, 2.75) is 32.7 Å². The normalized spacial score (nSPS) is 14.3. The monoisotopic (exact) mass is 475 g/mol. The van der Waals surface area contributed by atoms with Gasteiger partial charge in [0.1, 0.15) is 5.52 Å². The Morgan fingerprint density at radius 1 is 1.06 bits per heavy atom. The van der Waals surface area contributed by atoms with Crippen molar-refractivity contribution in [3.8, 4) is 5.69 Å². The molecule has 1 aliphatic rings. The Morgan fingerprint density at radius 2 is 1.79 bits per heavy atom. The number of anilines is 3. The highest BCUT2D eigenvalue weighted by Crippen LogP contribution is 2.24. The quantitative estimate of drug-likeness (QED) is 0.394. The van der Waals surface area contributed by atoms with E-state index in [0.29, 0.717) is 39.3 Å². The smallest absolute Gasteiger partial charge is 0.282 e. The van der Waals surface area contributed by atoms with Crippen molar-refractivity contribution in [3.05, 3.63) is 75.3 Å². The Hall–Kier alpha value is -3.49. The number of nitrogens with zero attached hydrogens (tertiary/aromatic N) is 4. The zero-order valence-electron chi connectivity index (χ0n) is 19.1. The maximum absolute atomic E-state index is 13.2. The fraction of sp³-hybridized carbons (Fsp3) is 0.280. The predicted molar refractivity (Wildman–Crippen MR) is 137 cm³/mol. The summed E-state index contributed by atoms with van der Waals surface area (Å²) in [7, 11) is 0. The van der Waals surface area contributed by atoms with E-state index in [4.69, 9.17) is 11.6 Å². The van der Waals surface area contributed by atoms with Gasteiger partial charge in [0.05, 0.1) is 21.8 Å². The van der Waals surface area contributed by atoms with Crippen LogP contribution in [-0.2, 0) is 0 Å². The standard InChI is InChI=1S/C25H26ClN7O/c1-15-4-3-5-21(26)23(15)33-24(34)20-14-28-25(31-22(20)16(2)32-33)30-18-8-6-17(7-9-18)29-19-10-12-27-13-11-19/h3-9,14,19,27,29H,10-13H2,1-2H3,(H,28,30,31). The average molecular weight is 476 g/mol. The van der Waals surface area contributed by atoms with Gasteiger partial charge in [0, 0.05) is 23.6 Å². The molecule has 3 N–H and O–H groups in total. The van der Waals surface area contributed by atoms with Gasteiger partial charge in [0.25, 0.3) is 5.56 Å². The highest BCUT2D eigenvalue weighted by atomic mass is 35.5. The van der Waals surface area contributed by atoms with E-state index in [0.717, 1.165) is 42.9 Å². The van der Waals surface area contributed by atoms with Crippen molar-refractivity contribution in [3.63, 3.8) is 0 Å². The van der Waals surface area contributed by atoms with E-state index in [1.54, 1.807) is 6.07 Å². The average Bonchev–Trinajstić information content (AvgIpc) is 2.84. The molecule has 0 unspecified atom stereocenters. The number of hydrogen-bond acceptors (Lipinski definition) is 7. The van der Waals surface area contributed by atoms with E-state index in [-0.39, 0.29) is 5.56 Å². The highest BCUT2D eigenvalue weighted by Gasteiger charge is 2.16. The molecule has 1 saturated heterocycles. The molecule has 0 spiro atoms. The second-order valence-corrected chi connectivity index (χ2v) is 8.94. The Labute approximate surface area is 202 Å². The molecule has 1 fully saturated rings. The molecule has 8 nitrogen and oxygen atoms in total. The Kier molecular flexibility index (Phi) is 6.17. The molecule has 2 aromatic heterocycles. The maximum Gasteiger partial charge on any atom is 0.282 e. The third-order valence-corrected chi connectivity index (χ3v) is 6.36. The van der Waals surface area contributed by atoms with Crippen LogP contribution in [0.4, 0.5) is 17.3 Å². The number of fused-ring (bicyclic) bond motifs is 1. The fourth-order valence-electron chi connectivity index (χ4n) is 4.25. The summed E-state index contributed by atoms with van der Waals surface area (Å²) >= 11 is 6.37. The van der Waals surface area contributed by atoms with Gasteiger partial charge in [0.15, 0.2) is 0 Å².